The van der Waals surface area contributed by atoms with Gasteiger partial charge >= 0.3 is 0 Å². The van der Waals surface area contributed by atoms with Crippen LogP contribution >= 0.6 is 0 Å². The third-order valence-electron chi connectivity index (χ3n) is 3.93. The van der Waals surface area contributed by atoms with Crippen LogP contribution in [0, 0.1) is 31.5 Å². The van der Waals surface area contributed by atoms with Crippen LogP contribution in [0.1, 0.15) is 54.6 Å². The summed E-state index contributed by atoms with van der Waals surface area (Å²) >= 11 is 0. The molecule has 1 atom stereocenters. The summed E-state index contributed by atoms with van der Waals surface area (Å²) in [6.45, 7) is 8.55. The summed E-state index contributed by atoms with van der Waals surface area (Å²) < 4.78 is 14.0. The van der Waals surface area contributed by atoms with Gasteiger partial charge in [-0.05, 0) is 62.3 Å². The maximum absolute atomic E-state index is 14.0. The van der Waals surface area contributed by atoms with Crippen molar-refractivity contribution in [2.24, 2.45) is 17.6 Å². The Balaban J connectivity index is 2.77. The van der Waals surface area contributed by atoms with Crippen molar-refractivity contribution in [3.05, 3.63) is 34.6 Å². The van der Waals surface area contributed by atoms with Gasteiger partial charge < -0.3 is 5.73 Å². The fraction of sp³-hybridized carbons (Fsp3) is 0.588. The molecule has 1 rings (SSSR count). The van der Waals surface area contributed by atoms with Crippen molar-refractivity contribution < 1.29 is 9.18 Å². The summed E-state index contributed by atoms with van der Waals surface area (Å²) in [5.41, 5.74) is 7.44. The predicted octanol–water partition coefficient (Wildman–Crippen LogP) is 4.03. The fourth-order valence-corrected chi connectivity index (χ4v) is 2.74. The van der Waals surface area contributed by atoms with Gasteiger partial charge in [-0.25, -0.2) is 4.39 Å². The van der Waals surface area contributed by atoms with E-state index >= 15 is 0 Å². The Morgan fingerprint density at radius 2 is 1.90 bits per heavy atom. The topological polar surface area (TPSA) is 43.1 Å². The van der Waals surface area contributed by atoms with Crippen LogP contribution < -0.4 is 5.73 Å². The van der Waals surface area contributed by atoms with E-state index in [1.54, 1.807) is 6.92 Å². The van der Waals surface area contributed by atoms with Crippen LogP contribution in [-0.2, 0) is 0 Å². The molecule has 2 N–H and O–H groups in total. The molecule has 0 amide bonds. The second-order valence-electron chi connectivity index (χ2n) is 5.98. The quantitative estimate of drug-likeness (QED) is 0.766. The second kappa shape index (κ2) is 7.53. The van der Waals surface area contributed by atoms with Crippen LogP contribution in [0.2, 0.25) is 0 Å². The third kappa shape index (κ3) is 4.41. The number of carbonyl (C=O) groups is 1. The van der Waals surface area contributed by atoms with E-state index in [0.29, 0.717) is 24.8 Å². The molecule has 1 aromatic carbocycles. The minimum atomic E-state index is -0.396. The maximum atomic E-state index is 14.0. The van der Waals surface area contributed by atoms with Crippen molar-refractivity contribution >= 4 is 5.78 Å². The van der Waals surface area contributed by atoms with Crippen LogP contribution in [0.4, 0.5) is 4.39 Å². The first kappa shape index (κ1) is 16.8. The largest absolute Gasteiger partial charge is 0.330 e. The van der Waals surface area contributed by atoms with Gasteiger partial charge in [0, 0.05) is 6.42 Å². The zero-order valence-electron chi connectivity index (χ0n) is 13.0. The number of nitrogens with two attached hydrogens (primary N) is 1. The van der Waals surface area contributed by atoms with Gasteiger partial charge in [-0.15, -0.1) is 0 Å². The highest BCUT2D eigenvalue weighted by molar-refractivity contribution is 5.97. The van der Waals surface area contributed by atoms with Gasteiger partial charge in [0.25, 0.3) is 0 Å². The Hall–Kier alpha value is -1.22. The molecular weight excluding hydrogens is 253 g/mol. The highest BCUT2D eigenvalue weighted by Crippen LogP contribution is 2.24. The van der Waals surface area contributed by atoms with E-state index in [9.17, 15) is 9.18 Å². The van der Waals surface area contributed by atoms with E-state index in [1.807, 2.05) is 13.0 Å². The molecule has 0 aliphatic rings. The lowest BCUT2D eigenvalue weighted by molar-refractivity contribution is 0.0964. The van der Waals surface area contributed by atoms with E-state index in [0.717, 1.165) is 24.0 Å². The highest BCUT2D eigenvalue weighted by Gasteiger charge is 2.19. The first-order chi connectivity index (χ1) is 9.36. The minimum Gasteiger partial charge on any atom is -0.330 e. The van der Waals surface area contributed by atoms with Gasteiger partial charge in [0.05, 0.1) is 5.56 Å². The predicted molar refractivity (Wildman–Crippen MR) is 81.4 cm³/mol. The molecule has 3 heteroatoms. The van der Waals surface area contributed by atoms with E-state index in [-0.39, 0.29) is 11.3 Å². The summed E-state index contributed by atoms with van der Waals surface area (Å²) in [6, 6.07) is 3.29. The lowest BCUT2D eigenvalue weighted by Gasteiger charge is -2.19. The molecule has 2 nitrogen and oxygen atoms in total. The van der Waals surface area contributed by atoms with Crippen molar-refractivity contribution in [1.82, 2.24) is 0 Å². The van der Waals surface area contributed by atoms with Gasteiger partial charge in [0.2, 0.25) is 0 Å². The smallest absolute Gasteiger partial charge is 0.166 e. The van der Waals surface area contributed by atoms with Crippen molar-refractivity contribution in [3.8, 4) is 0 Å². The van der Waals surface area contributed by atoms with Crippen molar-refractivity contribution in [1.29, 1.82) is 0 Å². The number of rotatable bonds is 7. The molecule has 0 fully saturated rings. The molecule has 0 spiro atoms. The van der Waals surface area contributed by atoms with Crippen LogP contribution in [0.15, 0.2) is 12.1 Å². The van der Waals surface area contributed by atoms with E-state index in [1.165, 1.54) is 6.07 Å². The number of Topliss-reactive ketones (excluding diaryl/α,β-unsaturated/α-hetero) is 1. The first-order valence-electron chi connectivity index (χ1n) is 7.36. The molecule has 0 bridgehead atoms. The molecule has 112 valence electrons. The molecule has 20 heavy (non-hydrogen) atoms. The average molecular weight is 279 g/mol. The summed E-state index contributed by atoms with van der Waals surface area (Å²) in [6.07, 6.45) is 2.09. The monoisotopic (exact) mass is 279 g/mol. The molecule has 0 aromatic heterocycles. The summed E-state index contributed by atoms with van der Waals surface area (Å²) in [5, 5.41) is 0. The lowest BCUT2D eigenvalue weighted by Crippen LogP contribution is -2.16. The molecule has 1 unspecified atom stereocenters. The molecule has 0 aliphatic carbocycles. The lowest BCUT2D eigenvalue weighted by atomic mass is 9.86. The number of ketones is 1. The minimum absolute atomic E-state index is 0.0947. The van der Waals surface area contributed by atoms with Gasteiger partial charge in [0.1, 0.15) is 5.82 Å². The zero-order valence-corrected chi connectivity index (χ0v) is 13.0. The Kier molecular flexibility index (Phi) is 6.34. The molecular formula is C17H26FNO. The van der Waals surface area contributed by atoms with Crippen molar-refractivity contribution in [2.75, 3.05) is 6.54 Å². The van der Waals surface area contributed by atoms with Gasteiger partial charge in [-0.2, -0.15) is 0 Å². The second-order valence-corrected chi connectivity index (χ2v) is 5.98. The molecule has 1 aromatic rings. The Bertz CT molecular complexity index is 445. The summed E-state index contributed by atoms with van der Waals surface area (Å²) in [7, 11) is 0. The Morgan fingerprint density at radius 3 is 2.40 bits per heavy atom. The van der Waals surface area contributed by atoms with Crippen molar-refractivity contribution in [2.45, 2.75) is 47.0 Å². The summed E-state index contributed by atoms with van der Waals surface area (Å²) in [4.78, 5) is 12.3. The van der Waals surface area contributed by atoms with Gasteiger partial charge in [-0.1, -0.05) is 19.9 Å². The standard InChI is InChI=1S/C17H26FNO/c1-11(2)14(7-8-19)5-6-16(20)17-13(4)9-12(3)10-15(17)18/h9-11,14H,5-8,19H2,1-4H3. The van der Waals surface area contributed by atoms with Crippen molar-refractivity contribution in [3.63, 3.8) is 0 Å². The molecule has 0 aliphatic heterocycles. The SMILES string of the molecule is Cc1cc(C)c(C(=O)CCC(CCN)C(C)C)c(F)c1. The molecule has 0 heterocycles. The van der Waals surface area contributed by atoms with Gasteiger partial charge in [-0.3, -0.25) is 4.79 Å². The number of hydrogen-bond donors (Lipinski definition) is 1. The van der Waals surface area contributed by atoms with Gasteiger partial charge in [0.15, 0.2) is 5.78 Å². The maximum Gasteiger partial charge on any atom is 0.166 e. The normalized spacial score (nSPS) is 12.8. The van der Waals surface area contributed by atoms with Crippen LogP contribution in [-0.4, -0.2) is 12.3 Å². The number of carbonyl (C=O) groups excluding carboxylic acids is 1. The molecule has 0 radical (unpaired) electrons. The van der Waals surface area contributed by atoms with Crippen LogP contribution in [0.25, 0.3) is 0 Å². The van der Waals surface area contributed by atoms with E-state index in [4.69, 9.17) is 5.73 Å². The molecule has 0 saturated heterocycles. The van der Waals surface area contributed by atoms with Crippen LogP contribution in [0.5, 0.6) is 0 Å². The molecule has 0 saturated carbocycles. The number of halogens is 1. The fourth-order valence-electron chi connectivity index (χ4n) is 2.74. The number of hydrogen-bond acceptors (Lipinski definition) is 2. The Labute approximate surface area is 121 Å². The van der Waals surface area contributed by atoms with Crippen LogP contribution in [0.3, 0.4) is 0 Å². The van der Waals surface area contributed by atoms with E-state index < -0.39 is 5.82 Å². The Morgan fingerprint density at radius 1 is 1.25 bits per heavy atom. The average Bonchev–Trinajstić information content (AvgIpc) is 2.32. The summed E-state index contributed by atoms with van der Waals surface area (Å²) in [5.74, 6) is 0.433. The third-order valence-corrected chi connectivity index (χ3v) is 3.93. The highest BCUT2D eigenvalue weighted by atomic mass is 19.1. The number of aryl methyl sites for hydroxylation is 2. The number of benzene rings is 1. The van der Waals surface area contributed by atoms with E-state index in [2.05, 4.69) is 13.8 Å². The first-order valence-corrected chi connectivity index (χ1v) is 7.36. The zero-order chi connectivity index (χ0) is 15.3.